The first kappa shape index (κ1) is 17.0. The Morgan fingerprint density at radius 1 is 1.15 bits per heavy atom. The lowest BCUT2D eigenvalue weighted by molar-refractivity contribution is -0.892. The Hall–Kier alpha value is -2.47. The SMILES string of the molecule is O=C(C[NH+]1CCN(c2ncccn2)CC1)N[C@@H]1CCCc2ccccc21. The van der Waals surface area contributed by atoms with E-state index in [0.29, 0.717) is 6.54 Å². The van der Waals surface area contributed by atoms with Crippen molar-refractivity contribution < 1.29 is 9.69 Å². The van der Waals surface area contributed by atoms with Crippen molar-refractivity contribution >= 4 is 11.9 Å². The fourth-order valence-corrected chi connectivity index (χ4v) is 4.03. The molecule has 4 rings (SSSR count). The van der Waals surface area contributed by atoms with Crippen LogP contribution in [0.15, 0.2) is 42.7 Å². The summed E-state index contributed by atoms with van der Waals surface area (Å²) < 4.78 is 0. The zero-order chi connectivity index (χ0) is 17.8. The molecule has 1 aliphatic heterocycles. The Balaban J connectivity index is 1.29. The topological polar surface area (TPSA) is 62.6 Å². The number of carbonyl (C=O) groups excluding carboxylic acids is 1. The molecule has 0 bridgehead atoms. The molecule has 1 aliphatic carbocycles. The van der Waals surface area contributed by atoms with E-state index in [1.807, 2.05) is 6.07 Å². The van der Waals surface area contributed by atoms with E-state index in [0.717, 1.165) is 51.4 Å². The number of hydrogen-bond donors (Lipinski definition) is 2. The van der Waals surface area contributed by atoms with E-state index in [2.05, 4.69) is 44.5 Å². The number of hydrogen-bond acceptors (Lipinski definition) is 4. The van der Waals surface area contributed by atoms with Crippen LogP contribution in [0.2, 0.25) is 0 Å². The van der Waals surface area contributed by atoms with Crippen molar-refractivity contribution in [3.8, 4) is 0 Å². The molecule has 6 heteroatoms. The molecular weight excluding hydrogens is 326 g/mol. The van der Waals surface area contributed by atoms with Crippen molar-refractivity contribution in [2.75, 3.05) is 37.6 Å². The third-order valence-electron chi connectivity index (χ3n) is 5.42. The molecule has 2 N–H and O–H groups in total. The molecule has 0 spiro atoms. The Morgan fingerprint density at radius 2 is 1.92 bits per heavy atom. The van der Waals surface area contributed by atoms with E-state index in [4.69, 9.17) is 0 Å². The van der Waals surface area contributed by atoms with E-state index in [1.165, 1.54) is 16.0 Å². The van der Waals surface area contributed by atoms with Gasteiger partial charge in [0, 0.05) is 12.4 Å². The quantitative estimate of drug-likeness (QED) is 0.835. The minimum absolute atomic E-state index is 0.158. The number of carbonyl (C=O) groups is 1. The zero-order valence-electron chi connectivity index (χ0n) is 15.0. The van der Waals surface area contributed by atoms with Crippen molar-refractivity contribution in [2.24, 2.45) is 0 Å². The van der Waals surface area contributed by atoms with Crippen molar-refractivity contribution in [2.45, 2.75) is 25.3 Å². The van der Waals surface area contributed by atoms with Crippen LogP contribution in [0.1, 0.15) is 30.0 Å². The number of amides is 1. The number of rotatable bonds is 4. The smallest absolute Gasteiger partial charge is 0.275 e. The summed E-state index contributed by atoms with van der Waals surface area (Å²) in [7, 11) is 0. The summed E-state index contributed by atoms with van der Waals surface area (Å²) in [6, 6.07) is 10.5. The second kappa shape index (κ2) is 7.83. The normalized spacial score (nSPS) is 20.5. The number of benzene rings is 1. The number of fused-ring (bicyclic) bond motifs is 1. The Morgan fingerprint density at radius 3 is 2.73 bits per heavy atom. The molecule has 26 heavy (non-hydrogen) atoms. The van der Waals surface area contributed by atoms with Gasteiger partial charge in [-0.25, -0.2) is 9.97 Å². The van der Waals surface area contributed by atoms with Crippen LogP contribution in [0.3, 0.4) is 0 Å². The molecule has 1 atom stereocenters. The van der Waals surface area contributed by atoms with Gasteiger partial charge in [-0.15, -0.1) is 0 Å². The summed E-state index contributed by atoms with van der Waals surface area (Å²) in [5, 5.41) is 3.27. The number of piperazine rings is 1. The van der Waals surface area contributed by atoms with Gasteiger partial charge in [-0.2, -0.15) is 0 Å². The van der Waals surface area contributed by atoms with Gasteiger partial charge >= 0.3 is 0 Å². The van der Waals surface area contributed by atoms with E-state index in [1.54, 1.807) is 12.4 Å². The minimum atomic E-state index is 0.158. The molecule has 6 nitrogen and oxygen atoms in total. The third kappa shape index (κ3) is 3.85. The predicted molar refractivity (Wildman–Crippen MR) is 100 cm³/mol. The number of aromatic nitrogens is 2. The molecule has 0 radical (unpaired) electrons. The summed E-state index contributed by atoms with van der Waals surface area (Å²) in [5.74, 6) is 0.945. The second-order valence-electron chi connectivity index (χ2n) is 7.17. The van der Waals surface area contributed by atoms with Gasteiger partial charge in [0.05, 0.1) is 32.2 Å². The summed E-state index contributed by atoms with van der Waals surface area (Å²) in [5.41, 5.74) is 2.68. The van der Waals surface area contributed by atoms with Gasteiger partial charge in [0.2, 0.25) is 5.95 Å². The molecular formula is C20H26N5O+. The Bertz CT molecular complexity index is 743. The molecule has 1 amide bonds. The highest BCUT2D eigenvalue weighted by molar-refractivity contribution is 5.77. The Kier molecular flexibility index (Phi) is 5.11. The average Bonchev–Trinajstić information content (AvgIpc) is 2.69. The number of aryl methyl sites for hydroxylation is 1. The van der Waals surface area contributed by atoms with Gasteiger partial charge in [0.25, 0.3) is 5.91 Å². The number of quaternary nitrogens is 1. The van der Waals surface area contributed by atoms with Crippen LogP contribution in [0.5, 0.6) is 0 Å². The fraction of sp³-hybridized carbons (Fsp3) is 0.450. The summed E-state index contributed by atoms with van der Waals surface area (Å²) in [6.07, 6.45) is 6.85. The van der Waals surface area contributed by atoms with Crippen molar-refractivity contribution in [3.63, 3.8) is 0 Å². The first-order valence-corrected chi connectivity index (χ1v) is 9.52. The molecule has 1 fully saturated rings. The lowest BCUT2D eigenvalue weighted by Gasteiger charge is -2.32. The number of nitrogens with one attached hydrogen (secondary N) is 2. The summed E-state index contributed by atoms with van der Waals surface area (Å²) >= 11 is 0. The van der Waals surface area contributed by atoms with Crippen LogP contribution in [-0.4, -0.2) is 48.6 Å². The van der Waals surface area contributed by atoms with Crippen LogP contribution in [0, 0.1) is 0 Å². The van der Waals surface area contributed by atoms with Crippen molar-refractivity contribution in [3.05, 3.63) is 53.9 Å². The first-order chi connectivity index (χ1) is 12.8. The fourth-order valence-electron chi connectivity index (χ4n) is 4.03. The van der Waals surface area contributed by atoms with Crippen LogP contribution in [0.25, 0.3) is 0 Å². The van der Waals surface area contributed by atoms with Crippen LogP contribution >= 0.6 is 0 Å². The average molecular weight is 352 g/mol. The van der Waals surface area contributed by atoms with Gasteiger partial charge in [-0.1, -0.05) is 24.3 Å². The number of anilines is 1. The maximum Gasteiger partial charge on any atom is 0.275 e. The van der Waals surface area contributed by atoms with E-state index < -0.39 is 0 Å². The highest BCUT2D eigenvalue weighted by atomic mass is 16.2. The molecule has 2 heterocycles. The van der Waals surface area contributed by atoms with Crippen molar-refractivity contribution in [1.29, 1.82) is 0 Å². The molecule has 1 saturated heterocycles. The first-order valence-electron chi connectivity index (χ1n) is 9.52. The Labute approximate surface area is 154 Å². The van der Waals surface area contributed by atoms with Crippen LogP contribution in [-0.2, 0) is 11.2 Å². The molecule has 136 valence electrons. The molecule has 0 saturated carbocycles. The second-order valence-corrected chi connectivity index (χ2v) is 7.17. The standard InChI is InChI=1S/C20H25N5O/c26-19(23-18-8-3-6-16-5-1-2-7-17(16)18)15-24-11-13-25(14-12-24)20-21-9-4-10-22-20/h1-2,4-5,7,9-10,18H,3,6,8,11-15H2,(H,23,26)/p+1/t18-/m1/s1. The van der Waals surface area contributed by atoms with Gasteiger partial charge in [-0.3, -0.25) is 4.79 Å². The molecule has 1 aromatic carbocycles. The maximum absolute atomic E-state index is 12.6. The van der Waals surface area contributed by atoms with Gasteiger partial charge in [0.15, 0.2) is 6.54 Å². The van der Waals surface area contributed by atoms with Crippen LogP contribution < -0.4 is 15.1 Å². The monoisotopic (exact) mass is 352 g/mol. The third-order valence-corrected chi connectivity index (χ3v) is 5.42. The lowest BCUT2D eigenvalue weighted by Crippen LogP contribution is -3.16. The highest BCUT2D eigenvalue weighted by Crippen LogP contribution is 2.29. The van der Waals surface area contributed by atoms with Crippen molar-refractivity contribution in [1.82, 2.24) is 15.3 Å². The summed E-state index contributed by atoms with van der Waals surface area (Å²) in [4.78, 5) is 24.7. The lowest BCUT2D eigenvalue weighted by atomic mass is 9.88. The zero-order valence-corrected chi connectivity index (χ0v) is 15.0. The van der Waals surface area contributed by atoms with E-state index in [-0.39, 0.29) is 11.9 Å². The predicted octanol–water partition coefficient (Wildman–Crippen LogP) is 0.375. The highest BCUT2D eigenvalue weighted by Gasteiger charge is 2.26. The van der Waals surface area contributed by atoms with E-state index in [9.17, 15) is 4.79 Å². The van der Waals surface area contributed by atoms with Gasteiger partial charge < -0.3 is 15.1 Å². The molecule has 0 unspecified atom stereocenters. The maximum atomic E-state index is 12.6. The van der Waals surface area contributed by atoms with Gasteiger partial charge in [-0.05, 0) is 36.5 Å². The van der Waals surface area contributed by atoms with Gasteiger partial charge in [0.1, 0.15) is 0 Å². The number of nitrogens with zero attached hydrogens (tertiary/aromatic N) is 3. The molecule has 2 aromatic rings. The van der Waals surface area contributed by atoms with Crippen LogP contribution in [0.4, 0.5) is 5.95 Å². The molecule has 1 aromatic heterocycles. The minimum Gasteiger partial charge on any atom is -0.344 e. The van der Waals surface area contributed by atoms with E-state index >= 15 is 0 Å². The molecule has 2 aliphatic rings. The largest absolute Gasteiger partial charge is 0.344 e. The summed E-state index contributed by atoms with van der Waals surface area (Å²) in [6.45, 7) is 4.19.